The topological polar surface area (TPSA) is 105 Å². The summed E-state index contributed by atoms with van der Waals surface area (Å²) in [4.78, 5) is 30.0. The first-order chi connectivity index (χ1) is 22.6. The lowest BCUT2D eigenvalue weighted by molar-refractivity contribution is -0.140. The van der Waals surface area contributed by atoms with Crippen LogP contribution >= 0.6 is 11.6 Å². The summed E-state index contributed by atoms with van der Waals surface area (Å²) < 4.78 is 40.9. The van der Waals surface area contributed by atoms with Gasteiger partial charge in [0.15, 0.2) is 11.5 Å². The van der Waals surface area contributed by atoms with Gasteiger partial charge in [0.05, 0.1) is 10.6 Å². The third kappa shape index (κ3) is 8.64. The number of nitrogens with one attached hydrogen (secondary N) is 1. The van der Waals surface area contributed by atoms with E-state index in [0.717, 1.165) is 9.87 Å². The lowest BCUT2D eigenvalue weighted by Gasteiger charge is -2.34. The van der Waals surface area contributed by atoms with Gasteiger partial charge in [0.25, 0.3) is 10.0 Å². The van der Waals surface area contributed by atoms with Crippen molar-refractivity contribution in [1.29, 1.82) is 0 Å². The molecule has 246 valence electrons. The Labute approximate surface area is 281 Å². The van der Waals surface area contributed by atoms with E-state index in [9.17, 15) is 18.0 Å². The Morgan fingerprint density at radius 2 is 1.49 bits per heavy atom. The van der Waals surface area contributed by atoms with E-state index in [1.807, 2.05) is 50.2 Å². The fourth-order valence-electron chi connectivity index (χ4n) is 5.24. The molecule has 1 atom stereocenters. The molecule has 0 bridgehead atoms. The van der Waals surface area contributed by atoms with E-state index in [0.29, 0.717) is 41.8 Å². The molecule has 0 radical (unpaired) electrons. The summed E-state index contributed by atoms with van der Waals surface area (Å²) >= 11 is 6.32. The van der Waals surface area contributed by atoms with Crippen LogP contribution in [-0.2, 0) is 32.6 Å². The van der Waals surface area contributed by atoms with E-state index < -0.39 is 28.5 Å². The molecule has 0 saturated heterocycles. The standard InChI is InChI=1S/C36H38ClN3O6S/c1-26(2)23-38-36(42)32(21-27-10-5-3-6-11-27)39(24-28-12-9-13-29(37)20-28)35(41)25-40(47(43,44)31-14-7-4-8-15-31)30-16-17-33-34(22-30)46-19-18-45-33/h3-17,20,22,26,32H,18-19,21,23-25H2,1-2H3,(H,38,42)/t32-/m1/s1. The van der Waals surface area contributed by atoms with Crippen LogP contribution in [0.4, 0.5) is 5.69 Å². The van der Waals surface area contributed by atoms with Crippen LogP contribution in [-0.4, -0.2) is 57.5 Å². The van der Waals surface area contributed by atoms with Gasteiger partial charge in [-0.25, -0.2) is 8.42 Å². The normalized spacial score (nSPS) is 13.1. The quantitative estimate of drug-likeness (QED) is 0.194. The molecule has 0 saturated carbocycles. The third-order valence-corrected chi connectivity index (χ3v) is 9.64. The van der Waals surface area contributed by atoms with Crippen molar-refractivity contribution in [3.63, 3.8) is 0 Å². The number of amides is 2. The number of carbonyl (C=O) groups excluding carboxylic acids is 2. The molecular weight excluding hydrogens is 638 g/mol. The average Bonchev–Trinajstić information content (AvgIpc) is 3.08. The lowest BCUT2D eigenvalue weighted by Crippen LogP contribution is -2.53. The molecule has 9 nitrogen and oxygen atoms in total. The van der Waals surface area contributed by atoms with Crippen molar-refractivity contribution < 1.29 is 27.5 Å². The molecular formula is C36H38ClN3O6S. The zero-order valence-electron chi connectivity index (χ0n) is 26.3. The first kappa shape index (κ1) is 33.8. The molecule has 4 aromatic rings. The van der Waals surface area contributed by atoms with Crippen molar-refractivity contribution >= 4 is 39.1 Å². The number of halogens is 1. The molecule has 2 amide bonds. The minimum Gasteiger partial charge on any atom is -0.486 e. The van der Waals surface area contributed by atoms with Crippen LogP contribution in [0.15, 0.2) is 108 Å². The molecule has 47 heavy (non-hydrogen) atoms. The number of fused-ring (bicyclic) bond motifs is 1. The Kier molecular flexibility index (Phi) is 11.1. The Morgan fingerprint density at radius 1 is 0.830 bits per heavy atom. The highest BCUT2D eigenvalue weighted by Gasteiger charge is 2.35. The largest absolute Gasteiger partial charge is 0.486 e. The molecule has 11 heteroatoms. The lowest BCUT2D eigenvalue weighted by atomic mass is 10.0. The van der Waals surface area contributed by atoms with Crippen molar-refractivity contribution in [3.8, 4) is 11.5 Å². The Balaban J connectivity index is 1.58. The first-order valence-corrected chi connectivity index (χ1v) is 17.3. The molecule has 0 aromatic heterocycles. The van der Waals surface area contributed by atoms with Gasteiger partial charge in [-0.05, 0) is 53.4 Å². The first-order valence-electron chi connectivity index (χ1n) is 15.4. The SMILES string of the molecule is CC(C)CNC(=O)[C@@H](Cc1ccccc1)N(Cc1cccc(Cl)c1)C(=O)CN(c1ccc2c(c1)OCCO2)S(=O)(=O)c1ccccc1. The minimum atomic E-state index is -4.25. The maximum absolute atomic E-state index is 14.6. The number of hydrogen-bond donors (Lipinski definition) is 1. The molecule has 5 rings (SSSR count). The van der Waals surface area contributed by atoms with Crippen molar-refractivity contribution in [3.05, 3.63) is 119 Å². The maximum Gasteiger partial charge on any atom is 0.264 e. The number of anilines is 1. The Morgan fingerprint density at radius 3 is 2.17 bits per heavy atom. The van der Waals surface area contributed by atoms with Crippen LogP contribution in [0.2, 0.25) is 5.02 Å². The molecule has 4 aromatic carbocycles. The van der Waals surface area contributed by atoms with E-state index in [1.165, 1.54) is 17.0 Å². The average molecular weight is 676 g/mol. The van der Waals surface area contributed by atoms with E-state index in [4.69, 9.17) is 21.1 Å². The number of hydrogen-bond acceptors (Lipinski definition) is 6. The summed E-state index contributed by atoms with van der Waals surface area (Å²) in [6, 6.07) is 28.2. The fraction of sp³-hybridized carbons (Fsp3) is 0.278. The highest BCUT2D eigenvalue weighted by atomic mass is 35.5. The van der Waals surface area contributed by atoms with Crippen LogP contribution in [0.3, 0.4) is 0 Å². The molecule has 0 aliphatic carbocycles. The molecule has 0 fully saturated rings. The van der Waals surface area contributed by atoms with Crippen LogP contribution in [0.1, 0.15) is 25.0 Å². The van der Waals surface area contributed by atoms with Gasteiger partial charge in [-0.1, -0.05) is 86.1 Å². The van der Waals surface area contributed by atoms with Gasteiger partial charge < -0.3 is 19.7 Å². The van der Waals surface area contributed by atoms with Gasteiger partial charge in [-0.15, -0.1) is 0 Å². The molecule has 1 aliphatic rings. The molecule has 1 heterocycles. The summed E-state index contributed by atoms with van der Waals surface area (Å²) in [6.07, 6.45) is 0.215. The predicted molar refractivity (Wildman–Crippen MR) is 182 cm³/mol. The van der Waals surface area contributed by atoms with E-state index >= 15 is 0 Å². The summed E-state index contributed by atoms with van der Waals surface area (Å²) in [5, 5.41) is 3.46. The van der Waals surface area contributed by atoms with E-state index in [1.54, 1.807) is 54.6 Å². The smallest absolute Gasteiger partial charge is 0.264 e. The number of nitrogens with zero attached hydrogens (tertiary/aromatic N) is 2. The number of rotatable bonds is 13. The van der Waals surface area contributed by atoms with Crippen LogP contribution in [0, 0.1) is 5.92 Å². The fourth-order valence-corrected chi connectivity index (χ4v) is 6.88. The number of benzene rings is 4. The predicted octanol–water partition coefficient (Wildman–Crippen LogP) is 5.72. The Hall–Kier alpha value is -4.54. The summed E-state index contributed by atoms with van der Waals surface area (Å²) in [5.41, 5.74) is 1.76. The zero-order chi connectivity index (χ0) is 33.4. The summed E-state index contributed by atoms with van der Waals surface area (Å²) in [6.45, 7) is 4.50. The highest BCUT2D eigenvalue weighted by Crippen LogP contribution is 2.36. The second kappa shape index (κ2) is 15.4. The minimum absolute atomic E-state index is 0.0135. The molecule has 1 N–H and O–H groups in total. The van der Waals surface area contributed by atoms with Crippen LogP contribution in [0.5, 0.6) is 11.5 Å². The van der Waals surface area contributed by atoms with Gasteiger partial charge in [0, 0.05) is 30.6 Å². The molecule has 1 aliphatic heterocycles. The summed E-state index contributed by atoms with van der Waals surface area (Å²) in [5.74, 6) is 0.126. The maximum atomic E-state index is 14.6. The molecule has 0 unspecified atom stereocenters. The molecule has 0 spiro atoms. The van der Waals surface area contributed by atoms with E-state index in [2.05, 4.69) is 5.32 Å². The zero-order valence-corrected chi connectivity index (χ0v) is 27.9. The van der Waals surface area contributed by atoms with Gasteiger partial charge in [-0.2, -0.15) is 0 Å². The number of carbonyl (C=O) groups is 2. The van der Waals surface area contributed by atoms with Gasteiger partial charge in [-0.3, -0.25) is 13.9 Å². The van der Waals surface area contributed by atoms with Crippen LogP contribution in [0.25, 0.3) is 0 Å². The highest BCUT2D eigenvalue weighted by molar-refractivity contribution is 7.92. The van der Waals surface area contributed by atoms with Crippen molar-refractivity contribution in [1.82, 2.24) is 10.2 Å². The van der Waals surface area contributed by atoms with Gasteiger partial charge in [0.2, 0.25) is 11.8 Å². The van der Waals surface area contributed by atoms with E-state index in [-0.39, 0.29) is 35.4 Å². The second-order valence-electron chi connectivity index (χ2n) is 11.6. The second-order valence-corrected chi connectivity index (χ2v) is 13.9. The van der Waals surface area contributed by atoms with Crippen molar-refractivity contribution in [2.24, 2.45) is 5.92 Å². The van der Waals surface area contributed by atoms with Crippen LogP contribution < -0.4 is 19.1 Å². The van der Waals surface area contributed by atoms with Crippen molar-refractivity contribution in [2.75, 3.05) is 30.6 Å². The van der Waals surface area contributed by atoms with Gasteiger partial charge >= 0.3 is 0 Å². The Bertz CT molecular complexity index is 1790. The van der Waals surface area contributed by atoms with Crippen molar-refractivity contribution in [2.45, 2.75) is 37.8 Å². The summed E-state index contributed by atoms with van der Waals surface area (Å²) in [7, 11) is -4.25. The number of sulfonamides is 1. The number of ether oxygens (including phenoxy) is 2. The third-order valence-electron chi connectivity index (χ3n) is 7.62. The van der Waals surface area contributed by atoms with Gasteiger partial charge in [0.1, 0.15) is 25.8 Å². The monoisotopic (exact) mass is 675 g/mol.